The van der Waals surface area contributed by atoms with Gasteiger partial charge in [-0.05, 0) is 43.7 Å². The van der Waals surface area contributed by atoms with Crippen LogP contribution in [0.5, 0.6) is 0 Å². The average molecular weight is 303 g/mol. The van der Waals surface area contributed by atoms with Gasteiger partial charge in [0.15, 0.2) is 5.17 Å². The molecule has 0 spiro atoms. The molecular weight excluding hydrogens is 287 g/mol. The zero-order valence-corrected chi connectivity index (χ0v) is 12.7. The van der Waals surface area contributed by atoms with Crippen LogP contribution >= 0.6 is 35.0 Å². The molecule has 1 aliphatic rings. The van der Waals surface area contributed by atoms with Crippen molar-refractivity contribution in [1.29, 1.82) is 0 Å². The van der Waals surface area contributed by atoms with E-state index in [9.17, 15) is 0 Å². The van der Waals surface area contributed by atoms with Gasteiger partial charge in [-0.25, -0.2) is 4.99 Å². The fourth-order valence-corrected chi connectivity index (χ4v) is 2.93. The second kappa shape index (κ2) is 6.69. The van der Waals surface area contributed by atoms with Crippen LogP contribution in [0.1, 0.15) is 19.3 Å². The van der Waals surface area contributed by atoms with Gasteiger partial charge in [-0.2, -0.15) is 0 Å². The van der Waals surface area contributed by atoms with E-state index in [-0.39, 0.29) is 0 Å². The summed E-state index contributed by atoms with van der Waals surface area (Å²) in [7, 11) is 0. The lowest BCUT2D eigenvalue weighted by Crippen LogP contribution is -2.33. The molecule has 0 radical (unpaired) electrons. The standard InChI is InChI=1S/C13H16Cl2N2S/c1-18-13(17-7-3-2-4-8-17)16-10-5-6-11(14)12(15)9-10/h5-6,9H,2-4,7-8H2,1H3. The average Bonchev–Trinajstić information content (AvgIpc) is 2.41. The van der Waals surface area contributed by atoms with Gasteiger partial charge in [-0.3, -0.25) is 0 Å². The topological polar surface area (TPSA) is 15.6 Å². The maximum atomic E-state index is 6.00. The van der Waals surface area contributed by atoms with Gasteiger partial charge in [0.05, 0.1) is 15.7 Å². The maximum absolute atomic E-state index is 6.00. The van der Waals surface area contributed by atoms with Crippen LogP contribution in [0.3, 0.4) is 0 Å². The van der Waals surface area contributed by atoms with Gasteiger partial charge in [0.25, 0.3) is 0 Å². The van der Waals surface area contributed by atoms with Gasteiger partial charge in [0, 0.05) is 13.1 Å². The zero-order valence-electron chi connectivity index (χ0n) is 10.3. The molecule has 0 saturated carbocycles. The molecule has 1 aliphatic heterocycles. The maximum Gasteiger partial charge on any atom is 0.164 e. The molecule has 0 amide bonds. The van der Waals surface area contributed by atoms with E-state index in [1.807, 2.05) is 12.1 Å². The van der Waals surface area contributed by atoms with Gasteiger partial charge < -0.3 is 4.90 Å². The summed E-state index contributed by atoms with van der Waals surface area (Å²) in [6.07, 6.45) is 5.89. The molecule has 0 atom stereocenters. The van der Waals surface area contributed by atoms with Gasteiger partial charge in [-0.1, -0.05) is 35.0 Å². The van der Waals surface area contributed by atoms with E-state index < -0.39 is 0 Å². The van der Waals surface area contributed by atoms with Crippen molar-refractivity contribution >= 4 is 45.8 Å². The molecule has 1 heterocycles. The number of hydrogen-bond donors (Lipinski definition) is 0. The largest absolute Gasteiger partial charge is 0.351 e. The Hall–Kier alpha value is -0.380. The smallest absolute Gasteiger partial charge is 0.164 e. The second-order valence-electron chi connectivity index (χ2n) is 4.24. The van der Waals surface area contributed by atoms with Crippen molar-refractivity contribution < 1.29 is 0 Å². The van der Waals surface area contributed by atoms with Crippen molar-refractivity contribution in [1.82, 2.24) is 4.90 Å². The number of aliphatic imine (C=N–C) groups is 1. The molecule has 1 saturated heterocycles. The first-order valence-electron chi connectivity index (χ1n) is 6.03. The molecule has 1 fully saturated rings. The number of halogens is 2. The lowest BCUT2D eigenvalue weighted by atomic mass is 10.1. The highest BCUT2D eigenvalue weighted by atomic mass is 35.5. The van der Waals surface area contributed by atoms with E-state index in [1.54, 1.807) is 17.8 Å². The van der Waals surface area contributed by atoms with Crippen LogP contribution in [0.15, 0.2) is 23.2 Å². The Labute approximate surface area is 122 Å². The molecule has 0 aromatic heterocycles. The fraction of sp³-hybridized carbons (Fsp3) is 0.462. The number of likely N-dealkylation sites (tertiary alicyclic amines) is 1. The fourth-order valence-electron chi connectivity index (χ4n) is 2.00. The SMILES string of the molecule is CSC(=Nc1ccc(Cl)c(Cl)c1)N1CCCCC1. The molecule has 0 unspecified atom stereocenters. The summed E-state index contributed by atoms with van der Waals surface area (Å²) >= 11 is 13.6. The molecule has 0 aliphatic carbocycles. The molecule has 0 bridgehead atoms. The number of nitrogens with zero attached hydrogens (tertiary/aromatic N) is 2. The van der Waals surface area contributed by atoms with E-state index in [2.05, 4.69) is 16.1 Å². The minimum absolute atomic E-state index is 0.553. The highest BCUT2D eigenvalue weighted by molar-refractivity contribution is 8.13. The van der Waals surface area contributed by atoms with Crippen LogP contribution < -0.4 is 0 Å². The second-order valence-corrected chi connectivity index (χ2v) is 5.83. The van der Waals surface area contributed by atoms with E-state index in [0.29, 0.717) is 10.0 Å². The lowest BCUT2D eigenvalue weighted by Gasteiger charge is -2.28. The van der Waals surface area contributed by atoms with Crippen molar-refractivity contribution in [2.45, 2.75) is 19.3 Å². The number of hydrogen-bond acceptors (Lipinski definition) is 2. The normalized spacial score (nSPS) is 17.1. The molecule has 1 aromatic carbocycles. The van der Waals surface area contributed by atoms with Crippen LogP contribution in [0.2, 0.25) is 10.0 Å². The Bertz CT molecular complexity index is 443. The van der Waals surface area contributed by atoms with Crippen LogP contribution in [0.25, 0.3) is 0 Å². The predicted octanol–water partition coefficient (Wildman–Crippen LogP) is 4.83. The van der Waals surface area contributed by atoms with E-state index in [4.69, 9.17) is 23.2 Å². The van der Waals surface area contributed by atoms with Gasteiger partial charge in [-0.15, -0.1) is 0 Å². The van der Waals surface area contributed by atoms with Crippen molar-refractivity contribution in [2.75, 3.05) is 19.3 Å². The molecule has 5 heteroatoms. The monoisotopic (exact) mass is 302 g/mol. The molecular formula is C13H16Cl2N2S. The third-order valence-corrected chi connectivity index (χ3v) is 4.39. The Balaban J connectivity index is 2.19. The molecule has 1 aromatic rings. The van der Waals surface area contributed by atoms with E-state index in [1.165, 1.54) is 19.3 Å². The summed E-state index contributed by atoms with van der Waals surface area (Å²) < 4.78 is 0. The summed E-state index contributed by atoms with van der Waals surface area (Å²) in [6.45, 7) is 2.20. The third kappa shape index (κ3) is 3.56. The minimum Gasteiger partial charge on any atom is -0.351 e. The van der Waals surface area contributed by atoms with E-state index >= 15 is 0 Å². The van der Waals surface area contributed by atoms with Crippen molar-refractivity contribution in [3.8, 4) is 0 Å². The van der Waals surface area contributed by atoms with E-state index in [0.717, 1.165) is 23.9 Å². The molecule has 2 rings (SSSR count). The Morgan fingerprint density at radius 2 is 1.89 bits per heavy atom. The van der Waals surface area contributed by atoms with Crippen molar-refractivity contribution in [3.05, 3.63) is 28.2 Å². The molecule has 18 heavy (non-hydrogen) atoms. The van der Waals surface area contributed by atoms with Crippen molar-refractivity contribution in [2.24, 2.45) is 4.99 Å². The van der Waals surface area contributed by atoms with Gasteiger partial charge >= 0.3 is 0 Å². The van der Waals surface area contributed by atoms with Crippen LogP contribution in [0, 0.1) is 0 Å². The van der Waals surface area contributed by atoms with Crippen LogP contribution in [-0.2, 0) is 0 Å². The minimum atomic E-state index is 0.553. The summed E-state index contributed by atoms with van der Waals surface area (Å²) in [5.74, 6) is 0. The summed E-state index contributed by atoms with van der Waals surface area (Å²) in [5, 5.41) is 2.18. The predicted molar refractivity (Wildman–Crippen MR) is 82.5 cm³/mol. The first-order chi connectivity index (χ1) is 8.70. The Morgan fingerprint density at radius 3 is 2.50 bits per heavy atom. The summed E-state index contributed by atoms with van der Waals surface area (Å²) in [6, 6.07) is 5.50. The number of amidine groups is 1. The van der Waals surface area contributed by atoms with Gasteiger partial charge in [0.2, 0.25) is 0 Å². The van der Waals surface area contributed by atoms with Gasteiger partial charge in [0.1, 0.15) is 0 Å². The molecule has 2 nitrogen and oxygen atoms in total. The van der Waals surface area contributed by atoms with Crippen LogP contribution in [-0.4, -0.2) is 29.4 Å². The Kier molecular flexibility index (Phi) is 5.22. The number of piperidine rings is 1. The zero-order chi connectivity index (χ0) is 13.0. The summed E-state index contributed by atoms with van der Waals surface area (Å²) in [4.78, 5) is 7.01. The highest BCUT2D eigenvalue weighted by Crippen LogP contribution is 2.28. The molecule has 98 valence electrons. The molecule has 0 N–H and O–H groups in total. The lowest BCUT2D eigenvalue weighted by molar-refractivity contribution is 0.348. The Morgan fingerprint density at radius 1 is 1.17 bits per heavy atom. The highest BCUT2D eigenvalue weighted by Gasteiger charge is 2.14. The first kappa shape index (κ1) is 14.0. The first-order valence-corrected chi connectivity index (χ1v) is 8.01. The third-order valence-electron chi connectivity index (χ3n) is 2.94. The number of thioether (sulfide) groups is 1. The number of benzene rings is 1. The summed E-state index contributed by atoms with van der Waals surface area (Å²) in [5.41, 5.74) is 0.860. The quantitative estimate of drug-likeness (QED) is 0.545. The number of rotatable bonds is 1. The van der Waals surface area contributed by atoms with Crippen LogP contribution in [0.4, 0.5) is 5.69 Å². The van der Waals surface area contributed by atoms with Crippen molar-refractivity contribution in [3.63, 3.8) is 0 Å².